The highest BCUT2D eigenvalue weighted by molar-refractivity contribution is 6.12. The number of carbonyl (C=O) groups excluding carboxylic acids is 1. The van der Waals surface area contributed by atoms with Crippen LogP contribution in [0.4, 0.5) is 0 Å². The summed E-state index contributed by atoms with van der Waals surface area (Å²) in [6, 6.07) is 0.652. The van der Waals surface area contributed by atoms with Gasteiger partial charge in [-0.25, -0.2) is 5.01 Å². The molecule has 0 aromatic heterocycles. The first-order valence-electron chi connectivity index (χ1n) is 6.52. The number of rotatable bonds is 2. The van der Waals surface area contributed by atoms with Crippen LogP contribution in [0, 0.1) is 5.41 Å². The number of fused-ring (bicyclic) bond motifs is 1. The number of nitrogens with zero attached hydrogens (tertiary/aromatic N) is 3. The summed E-state index contributed by atoms with van der Waals surface area (Å²) < 4.78 is 0. The van der Waals surface area contributed by atoms with Gasteiger partial charge in [0.1, 0.15) is 5.41 Å². The first-order chi connectivity index (χ1) is 7.86. The van der Waals surface area contributed by atoms with Crippen molar-refractivity contribution in [1.82, 2.24) is 9.91 Å². The van der Waals surface area contributed by atoms with E-state index < -0.39 is 0 Å². The number of carbonyl (C=O) groups is 1. The molecule has 0 aromatic rings. The van der Waals surface area contributed by atoms with Crippen LogP contribution in [0.15, 0.2) is 5.10 Å². The van der Waals surface area contributed by atoms with Gasteiger partial charge < -0.3 is 0 Å². The molecule has 4 nitrogen and oxygen atoms in total. The number of hydrogen-bond acceptors (Lipinski definition) is 3. The maximum absolute atomic E-state index is 12.5. The third kappa shape index (κ3) is 1.88. The number of amides is 1. The molecule has 0 aromatic carbocycles. The van der Waals surface area contributed by atoms with Crippen molar-refractivity contribution in [3.63, 3.8) is 0 Å². The van der Waals surface area contributed by atoms with Crippen molar-refractivity contribution in [3.05, 3.63) is 0 Å². The van der Waals surface area contributed by atoms with Crippen LogP contribution in [-0.4, -0.2) is 46.7 Å². The predicted octanol–water partition coefficient (Wildman–Crippen LogP) is 1.71. The molecule has 0 bridgehead atoms. The molecule has 1 fully saturated rings. The summed E-state index contributed by atoms with van der Waals surface area (Å²) in [5, 5.41) is 6.20. The Kier molecular flexibility index (Phi) is 3.02. The summed E-state index contributed by atoms with van der Waals surface area (Å²) >= 11 is 0. The Bertz CT molecular complexity index is 362. The molecule has 17 heavy (non-hydrogen) atoms. The molecule has 0 aliphatic carbocycles. The van der Waals surface area contributed by atoms with E-state index in [0.29, 0.717) is 6.04 Å². The summed E-state index contributed by atoms with van der Waals surface area (Å²) in [6.07, 6.45) is 0.920. The van der Waals surface area contributed by atoms with Crippen LogP contribution < -0.4 is 0 Å². The van der Waals surface area contributed by atoms with E-state index >= 15 is 0 Å². The van der Waals surface area contributed by atoms with Crippen LogP contribution in [0.1, 0.15) is 41.0 Å². The van der Waals surface area contributed by atoms with E-state index in [1.807, 2.05) is 20.8 Å². The summed E-state index contributed by atoms with van der Waals surface area (Å²) in [5.41, 5.74) is 0.695. The van der Waals surface area contributed by atoms with E-state index in [0.717, 1.165) is 25.2 Å². The van der Waals surface area contributed by atoms with Crippen LogP contribution in [0.3, 0.4) is 0 Å². The Labute approximate surface area is 104 Å². The van der Waals surface area contributed by atoms with Crippen LogP contribution in [0.5, 0.6) is 0 Å². The lowest BCUT2D eigenvalue weighted by Gasteiger charge is -2.39. The third-order valence-electron chi connectivity index (χ3n) is 3.92. The highest BCUT2D eigenvalue weighted by atomic mass is 16.2. The number of hydrogen-bond donors (Lipinski definition) is 0. The number of hydrazone groups is 1. The molecule has 1 atom stereocenters. The van der Waals surface area contributed by atoms with Crippen molar-refractivity contribution in [2.24, 2.45) is 10.5 Å². The quantitative estimate of drug-likeness (QED) is 0.733. The Hall–Kier alpha value is -0.900. The van der Waals surface area contributed by atoms with Crippen molar-refractivity contribution in [1.29, 1.82) is 0 Å². The normalized spacial score (nSPS) is 30.2. The van der Waals surface area contributed by atoms with Gasteiger partial charge in [0.15, 0.2) is 0 Å². The fourth-order valence-electron chi connectivity index (χ4n) is 2.67. The predicted molar refractivity (Wildman–Crippen MR) is 68.9 cm³/mol. The molecule has 1 amide bonds. The lowest BCUT2D eigenvalue weighted by atomic mass is 9.79. The second kappa shape index (κ2) is 4.09. The van der Waals surface area contributed by atoms with Gasteiger partial charge in [0.25, 0.3) is 5.91 Å². The zero-order valence-corrected chi connectivity index (χ0v) is 11.5. The Morgan fingerprint density at radius 1 is 1.24 bits per heavy atom. The second-order valence-electron chi connectivity index (χ2n) is 5.94. The van der Waals surface area contributed by atoms with E-state index in [1.165, 1.54) is 0 Å². The molecule has 0 radical (unpaired) electrons. The van der Waals surface area contributed by atoms with Crippen molar-refractivity contribution >= 4 is 11.6 Å². The highest BCUT2D eigenvalue weighted by Gasteiger charge is 2.50. The summed E-state index contributed by atoms with van der Waals surface area (Å²) in [7, 11) is 0. The minimum atomic E-state index is -0.382. The lowest BCUT2D eigenvalue weighted by Crippen LogP contribution is -2.53. The summed E-state index contributed by atoms with van der Waals surface area (Å²) in [5.74, 6) is 0.174. The standard InChI is InChI=1S/C13H23N3O/c1-9(2)15-7-6-11-13(5,8-15)12(17)16(14-11)10(3)4/h9-10H,6-8H2,1-5H3. The van der Waals surface area contributed by atoms with E-state index in [2.05, 4.69) is 23.8 Å². The molecular formula is C13H23N3O. The Morgan fingerprint density at radius 2 is 1.88 bits per heavy atom. The van der Waals surface area contributed by atoms with Crippen LogP contribution in [-0.2, 0) is 4.79 Å². The van der Waals surface area contributed by atoms with E-state index in [9.17, 15) is 4.79 Å². The minimum absolute atomic E-state index is 0.157. The number of likely N-dealkylation sites (tertiary alicyclic amines) is 1. The molecule has 2 aliphatic rings. The van der Waals surface area contributed by atoms with Gasteiger partial charge in [-0.2, -0.15) is 5.10 Å². The van der Waals surface area contributed by atoms with E-state index in [4.69, 9.17) is 0 Å². The monoisotopic (exact) mass is 237 g/mol. The van der Waals surface area contributed by atoms with Gasteiger partial charge in [-0.3, -0.25) is 9.69 Å². The van der Waals surface area contributed by atoms with E-state index in [-0.39, 0.29) is 17.4 Å². The summed E-state index contributed by atoms with van der Waals surface area (Å²) in [6.45, 7) is 12.3. The molecule has 0 saturated carbocycles. The van der Waals surface area contributed by atoms with Gasteiger partial charge in [-0.05, 0) is 34.6 Å². The van der Waals surface area contributed by atoms with Crippen molar-refractivity contribution in [2.75, 3.05) is 13.1 Å². The average molecular weight is 237 g/mol. The minimum Gasteiger partial charge on any atom is -0.299 e. The zero-order valence-electron chi connectivity index (χ0n) is 11.5. The van der Waals surface area contributed by atoms with Gasteiger partial charge in [0, 0.05) is 31.6 Å². The molecule has 1 saturated heterocycles. The van der Waals surface area contributed by atoms with Gasteiger partial charge >= 0.3 is 0 Å². The van der Waals surface area contributed by atoms with Gasteiger partial charge in [-0.15, -0.1) is 0 Å². The zero-order chi connectivity index (χ0) is 12.8. The van der Waals surface area contributed by atoms with Crippen molar-refractivity contribution < 1.29 is 4.79 Å². The smallest absolute Gasteiger partial charge is 0.255 e. The third-order valence-corrected chi connectivity index (χ3v) is 3.92. The molecule has 2 heterocycles. The molecule has 0 N–H and O–H groups in total. The van der Waals surface area contributed by atoms with Crippen LogP contribution >= 0.6 is 0 Å². The topological polar surface area (TPSA) is 35.9 Å². The van der Waals surface area contributed by atoms with Crippen molar-refractivity contribution in [3.8, 4) is 0 Å². The van der Waals surface area contributed by atoms with Crippen molar-refractivity contribution in [2.45, 2.75) is 53.1 Å². The first-order valence-corrected chi connectivity index (χ1v) is 6.52. The van der Waals surface area contributed by atoms with E-state index in [1.54, 1.807) is 5.01 Å². The van der Waals surface area contributed by atoms with Gasteiger partial charge in [0.05, 0.1) is 5.71 Å². The largest absolute Gasteiger partial charge is 0.299 e. The fourth-order valence-corrected chi connectivity index (χ4v) is 2.67. The number of piperidine rings is 1. The maximum Gasteiger partial charge on any atom is 0.255 e. The SMILES string of the molecule is CC(C)N1CCC2=NN(C(C)C)C(=O)C2(C)C1. The Balaban J connectivity index is 2.25. The van der Waals surface area contributed by atoms with Crippen LogP contribution in [0.25, 0.3) is 0 Å². The average Bonchev–Trinajstić information content (AvgIpc) is 2.51. The molecule has 0 spiro atoms. The molecular weight excluding hydrogens is 214 g/mol. The molecule has 2 aliphatic heterocycles. The molecule has 1 unspecified atom stereocenters. The summed E-state index contributed by atoms with van der Waals surface area (Å²) in [4.78, 5) is 14.8. The van der Waals surface area contributed by atoms with Crippen LogP contribution in [0.2, 0.25) is 0 Å². The molecule has 2 rings (SSSR count). The first kappa shape index (κ1) is 12.6. The van der Waals surface area contributed by atoms with Gasteiger partial charge in [-0.1, -0.05) is 0 Å². The molecule has 4 heteroatoms. The second-order valence-corrected chi connectivity index (χ2v) is 5.94. The lowest BCUT2D eigenvalue weighted by molar-refractivity contribution is -0.138. The highest BCUT2D eigenvalue weighted by Crippen LogP contribution is 2.36. The van der Waals surface area contributed by atoms with Gasteiger partial charge in [0.2, 0.25) is 0 Å². The fraction of sp³-hybridized carbons (Fsp3) is 0.846. The Morgan fingerprint density at radius 3 is 2.41 bits per heavy atom. The molecule has 96 valence electrons. The maximum atomic E-state index is 12.5.